The van der Waals surface area contributed by atoms with Crippen LogP contribution in [0.5, 0.6) is 0 Å². The Kier molecular flexibility index (Phi) is 7.22. The Hall–Kier alpha value is -1.42. The van der Waals surface area contributed by atoms with Gasteiger partial charge in [-0.2, -0.15) is 0 Å². The van der Waals surface area contributed by atoms with Crippen LogP contribution < -0.4 is 5.73 Å². The summed E-state index contributed by atoms with van der Waals surface area (Å²) in [6.07, 6.45) is 7.61. The largest absolute Gasteiger partial charge is 0.378 e. The molecule has 0 saturated carbocycles. The minimum atomic E-state index is -3.38. The number of ether oxygens (including phenoxy) is 1. The van der Waals surface area contributed by atoms with Crippen LogP contribution in [0, 0.1) is 0 Å². The Labute approximate surface area is 160 Å². The van der Waals surface area contributed by atoms with Crippen molar-refractivity contribution >= 4 is 34.2 Å². The summed E-state index contributed by atoms with van der Waals surface area (Å²) in [4.78, 5) is 16.2. The van der Waals surface area contributed by atoms with E-state index >= 15 is 0 Å². The van der Waals surface area contributed by atoms with Gasteiger partial charge in [0.25, 0.3) is 15.9 Å². The third-order valence-corrected chi connectivity index (χ3v) is 5.67. The molecule has 8 nitrogen and oxygen atoms in total. The molecule has 10 heteroatoms. The van der Waals surface area contributed by atoms with Crippen LogP contribution in [0.3, 0.4) is 0 Å². The van der Waals surface area contributed by atoms with Crippen molar-refractivity contribution in [2.24, 2.45) is 10.1 Å². The minimum Gasteiger partial charge on any atom is -0.378 e. The van der Waals surface area contributed by atoms with Crippen molar-refractivity contribution in [2.45, 2.75) is 25.4 Å². The molecule has 0 atom stereocenters. The van der Waals surface area contributed by atoms with E-state index in [4.69, 9.17) is 10.5 Å². The number of nitrogens with zero attached hydrogens (tertiary/aromatic N) is 3. The highest BCUT2D eigenvalue weighted by Crippen LogP contribution is 2.20. The van der Waals surface area contributed by atoms with Crippen molar-refractivity contribution in [1.82, 2.24) is 9.80 Å². The van der Waals surface area contributed by atoms with Gasteiger partial charge in [-0.05, 0) is 38.0 Å². The van der Waals surface area contributed by atoms with E-state index in [-0.39, 0.29) is 30.2 Å². The minimum absolute atomic E-state index is 0. The highest BCUT2D eigenvalue weighted by atomic mass is 35.5. The molecule has 0 bridgehead atoms. The summed E-state index contributed by atoms with van der Waals surface area (Å²) in [5.74, 6) is 0.298. The van der Waals surface area contributed by atoms with E-state index in [1.165, 1.54) is 0 Å². The molecule has 0 spiro atoms. The smallest absolute Gasteiger partial charge is 0.256 e. The van der Waals surface area contributed by atoms with E-state index in [9.17, 15) is 13.2 Å². The third-order valence-electron chi connectivity index (χ3n) is 4.50. The fraction of sp³-hybridized carbons (Fsp3) is 0.625. The van der Waals surface area contributed by atoms with E-state index < -0.39 is 10.0 Å². The second kappa shape index (κ2) is 8.98. The predicted molar refractivity (Wildman–Crippen MR) is 102 cm³/mol. The molecule has 3 aliphatic heterocycles. The standard InChI is InChI=1S/C16H24N4O4S.ClH/c17-6-1-10-24-14-4-7-19(8-5-14)16(21)13-2-3-15-18-25(22,23)11-9-20(15)12-13;/h2-3,12,14H,1,4-11,17H2;1H. The molecule has 26 heavy (non-hydrogen) atoms. The number of piperidine rings is 1. The van der Waals surface area contributed by atoms with Crippen molar-refractivity contribution in [3.05, 3.63) is 23.9 Å². The second-order valence-electron chi connectivity index (χ2n) is 6.35. The highest BCUT2D eigenvalue weighted by Gasteiger charge is 2.28. The number of hydrogen-bond donors (Lipinski definition) is 1. The lowest BCUT2D eigenvalue weighted by Crippen LogP contribution is -2.43. The molecular formula is C16H25ClN4O4S. The number of amides is 1. The van der Waals surface area contributed by atoms with Gasteiger partial charge in [0, 0.05) is 32.4 Å². The summed E-state index contributed by atoms with van der Waals surface area (Å²) in [6.45, 7) is 2.93. The molecule has 0 aromatic rings. The van der Waals surface area contributed by atoms with E-state index in [1.54, 1.807) is 23.3 Å². The first-order valence-corrected chi connectivity index (χ1v) is 10.2. The summed E-state index contributed by atoms with van der Waals surface area (Å²) < 4.78 is 32.5. The Morgan fingerprint density at radius 3 is 2.69 bits per heavy atom. The fourth-order valence-electron chi connectivity index (χ4n) is 3.07. The monoisotopic (exact) mass is 404 g/mol. The van der Waals surface area contributed by atoms with Gasteiger partial charge in [0.2, 0.25) is 0 Å². The molecule has 2 N–H and O–H groups in total. The van der Waals surface area contributed by atoms with Crippen LogP contribution in [0.1, 0.15) is 19.3 Å². The van der Waals surface area contributed by atoms with Gasteiger partial charge in [-0.15, -0.1) is 16.8 Å². The van der Waals surface area contributed by atoms with E-state index in [1.807, 2.05) is 4.90 Å². The average Bonchev–Trinajstić information content (AvgIpc) is 2.61. The van der Waals surface area contributed by atoms with Crippen LogP contribution >= 0.6 is 12.4 Å². The van der Waals surface area contributed by atoms with Gasteiger partial charge in [0.15, 0.2) is 0 Å². The molecule has 1 saturated heterocycles. The Morgan fingerprint density at radius 2 is 2.00 bits per heavy atom. The number of hydrogen-bond acceptors (Lipinski definition) is 6. The predicted octanol–water partition coefficient (Wildman–Crippen LogP) is 0.262. The van der Waals surface area contributed by atoms with Gasteiger partial charge >= 0.3 is 0 Å². The van der Waals surface area contributed by atoms with Crippen LogP contribution in [-0.2, 0) is 19.6 Å². The quantitative estimate of drug-likeness (QED) is 0.659. The number of carbonyl (C=O) groups is 1. The number of sulfonamides is 1. The molecule has 0 radical (unpaired) electrons. The van der Waals surface area contributed by atoms with Gasteiger partial charge in [-0.3, -0.25) is 4.79 Å². The first-order valence-electron chi connectivity index (χ1n) is 8.58. The molecule has 0 unspecified atom stereocenters. The van der Waals surface area contributed by atoms with E-state index in [0.717, 1.165) is 19.3 Å². The maximum Gasteiger partial charge on any atom is 0.256 e. The summed E-state index contributed by atoms with van der Waals surface area (Å²) >= 11 is 0. The second-order valence-corrected chi connectivity index (χ2v) is 8.11. The summed E-state index contributed by atoms with van der Waals surface area (Å²) in [6, 6.07) is 0. The number of nitrogens with two attached hydrogens (primary N) is 1. The number of carbonyl (C=O) groups excluding carboxylic acids is 1. The maximum atomic E-state index is 12.7. The number of rotatable bonds is 5. The van der Waals surface area contributed by atoms with Crippen molar-refractivity contribution in [3.63, 3.8) is 0 Å². The van der Waals surface area contributed by atoms with Crippen molar-refractivity contribution in [1.29, 1.82) is 0 Å². The van der Waals surface area contributed by atoms with Crippen LogP contribution in [0.25, 0.3) is 0 Å². The third kappa shape index (κ3) is 5.06. The number of amidine groups is 1. The summed E-state index contributed by atoms with van der Waals surface area (Å²) in [5.41, 5.74) is 6.01. The Bertz CT molecular complexity index is 712. The van der Waals surface area contributed by atoms with Gasteiger partial charge < -0.3 is 20.3 Å². The van der Waals surface area contributed by atoms with Crippen LogP contribution in [0.2, 0.25) is 0 Å². The van der Waals surface area contributed by atoms with Crippen LogP contribution in [0.15, 0.2) is 28.3 Å². The Morgan fingerprint density at radius 1 is 1.27 bits per heavy atom. The number of likely N-dealkylation sites (tertiary alicyclic amines) is 1. The zero-order valence-electron chi connectivity index (χ0n) is 14.5. The summed E-state index contributed by atoms with van der Waals surface area (Å²) in [5, 5.41) is 0. The first kappa shape index (κ1) is 20.9. The molecule has 3 aliphatic rings. The van der Waals surface area contributed by atoms with Crippen LogP contribution in [0.4, 0.5) is 0 Å². The maximum absolute atomic E-state index is 12.7. The van der Waals surface area contributed by atoms with E-state index in [2.05, 4.69) is 4.40 Å². The molecule has 3 heterocycles. The molecule has 3 rings (SSSR count). The van der Waals surface area contributed by atoms with E-state index in [0.29, 0.717) is 44.2 Å². The zero-order chi connectivity index (χ0) is 17.9. The van der Waals surface area contributed by atoms with Crippen molar-refractivity contribution < 1.29 is 17.9 Å². The lowest BCUT2D eigenvalue weighted by atomic mass is 10.1. The van der Waals surface area contributed by atoms with Gasteiger partial charge in [-0.25, -0.2) is 8.42 Å². The number of fused-ring (bicyclic) bond motifs is 1. The van der Waals surface area contributed by atoms with Crippen molar-refractivity contribution in [3.8, 4) is 0 Å². The lowest BCUT2D eigenvalue weighted by molar-refractivity contribution is -0.129. The zero-order valence-corrected chi connectivity index (χ0v) is 16.2. The number of halogens is 1. The molecule has 0 aromatic heterocycles. The van der Waals surface area contributed by atoms with Gasteiger partial charge in [0.1, 0.15) is 5.84 Å². The molecule has 146 valence electrons. The normalized spacial score (nSPS) is 22.2. The van der Waals surface area contributed by atoms with Crippen LogP contribution in [-0.4, -0.2) is 74.6 Å². The van der Waals surface area contributed by atoms with Gasteiger partial charge in [-0.1, -0.05) is 0 Å². The molecule has 0 aliphatic carbocycles. The topological polar surface area (TPSA) is 105 Å². The Balaban J connectivity index is 0.00000243. The fourth-order valence-corrected chi connectivity index (χ4v) is 4.04. The molecule has 1 fully saturated rings. The summed E-state index contributed by atoms with van der Waals surface area (Å²) in [7, 11) is -3.38. The molecule has 1 amide bonds. The average molecular weight is 405 g/mol. The first-order chi connectivity index (χ1) is 12.0. The lowest BCUT2D eigenvalue weighted by Gasteiger charge is -2.33. The SMILES string of the molecule is Cl.NCCCOC1CCN(C(=O)C2=CN3CCS(=O)(=O)N=C3C=C2)CC1. The van der Waals surface area contributed by atoms with Crippen molar-refractivity contribution in [2.75, 3.05) is 38.5 Å². The molecule has 0 aromatic carbocycles. The van der Waals surface area contributed by atoms with Gasteiger partial charge in [0.05, 0.1) is 17.4 Å². The highest BCUT2D eigenvalue weighted by molar-refractivity contribution is 7.90. The molecular weight excluding hydrogens is 380 g/mol.